The van der Waals surface area contributed by atoms with Gasteiger partial charge in [-0.15, -0.1) is 0 Å². The second-order valence-corrected chi connectivity index (χ2v) is 7.12. The van der Waals surface area contributed by atoms with Crippen molar-refractivity contribution in [2.75, 3.05) is 0 Å². The van der Waals surface area contributed by atoms with Crippen LogP contribution in [-0.4, -0.2) is 29.4 Å². The van der Waals surface area contributed by atoms with Crippen LogP contribution in [0, 0.1) is 12.7 Å². The molecule has 152 valence electrons. The molecule has 0 radical (unpaired) electrons. The number of nitrogens with two attached hydrogens (primary N) is 1. The molecule has 29 heavy (non-hydrogen) atoms. The van der Waals surface area contributed by atoms with Gasteiger partial charge in [-0.05, 0) is 43.4 Å². The van der Waals surface area contributed by atoms with Crippen LogP contribution in [0.1, 0.15) is 42.1 Å². The van der Waals surface area contributed by atoms with Gasteiger partial charge in [-0.2, -0.15) is 0 Å². The van der Waals surface area contributed by atoms with Crippen LogP contribution in [0.15, 0.2) is 64.8 Å². The standard InChI is InChI=1S/C22H25FN4O2/c1-4-13(2)17(9-20(24)29-16-6-7-16)15-5-8-21(26-10-15)27-22(28)18-11-25-12-19(23)14(18)3/h4-5,9-12,16,21H,1,6-8,24H2,2-3H3,(H,27,28)/b17-13+,20-9+. The fourth-order valence-corrected chi connectivity index (χ4v) is 2.85. The molecule has 0 aromatic carbocycles. The van der Waals surface area contributed by atoms with Crippen LogP contribution in [-0.2, 0) is 4.74 Å². The molecule has 2 heterocycles. The van der Waals surface area contributed by atoms with Crippen molar-refractivity contribution in [1.82, 2.24) is 10.3 Å². The van der Waals surface area contributed by atoms with Crippen LogP contribution < -0.4 is 11.1 Å². The molecule has 1 fully saturated rings. The summed E-state index contributed by atoms with van der Waals surface area (Å²) in [5.74, 6) is -0.560. The molecular formula is C22H25FN4O2. The van der Waals surface area contributed by atoms with Gasteiger partial charge in [0.05, 0.1) is 11.8 Å². The predicted octanol–water partition coefficient (Wildman–Crippen LogP) is 3.47. The third-order valence-corrected chi connectivity index (χ3v) is 4.81. The van der Waals surface area contributed by atoms with Crippen molar-refractivity contribution in [3.05, 3.63) is 76.7 Å². The summed E-state index contributed by atoms with van der Waals surface area (Å²) in [4.78, 5) is 20.6. The SMILES string of the molecule is C=C/C(C)=C(\C=C(/N)OC1CC1)C1=CCC(NC(=O)c2cncc(F)c2C)N=C1. The number of ether oxygens (including phenoxy) is 1. The largest absolute Gasteiger partial charge is 0.476 e. The Morgan fingerprint density at radius 1 is 1.41 bits per heavy atom. The summed E-state index contributed by atoms with van der Waals surface area (Å²) in [7, 11) is 0. The molecule has 3 rings (SSSR count). The highest BCUT2D eigenvalue weighted by atomic mass is 19.1. The summed E-state index contributed by atoms with van der Waals surface area (Å²) >= 11 is 0. The molecule has 6 nitrogen and oxygen atoms in total. The third-order valence-electron chi connectivity index (χ3n) is 4.81. The third kappa shape index (κ3) is 5.19. The number of dihydropyridines is 1. The molecule has 1 aromatic rings. The Bertz CT molecular complexity index is 942. The predicted molar refractivity (Wildman–Crippen MR) is 111 cm³/mol. The lowest BCUT2D eigenvalue weighted by Gasteiger charge is -2.19. The minimum atomic E-state index is -0.514. The monoisotopic (exact) mass is 396 g/mol. The summed E-state index contributed by atoms with van der Waals surface area (Å²) in [6, 6.07) is 0. The maximum atomic E-state index is 13.6. The van der Waals surface area contributed by atoms with Crippen LogP contribution >= 0.6 is 0 Å². The Morgan fingerprint density at radius 3 is 2.79 bits per heavy atom. The van der Waals surface area contributed by atoms with E-state index in [2.05, 4.69) is 21.9 Å². The number of amides is 1. The van der Waals surface area contributed by atoms with Gasteiger partial charge in [0.25, 0.3) is 5.91 Å². The number of pyridine rings is 1. The van der Waals surface area contributed by atoms with E-state index in [1.165, 1.54) is 6.20 Å². The molecule has 1 atom stereocenters. The van der Waals surface area contributed by atoms with Crippen LogP contribution in [0.2, 0.25) is 0 Å². The van der Waals surface area contributed by atoms with Crippen LogP contribution in [0.5, 0.6) is 0 Å². The van der Waals surface area contributed by atoms with Crippen LogP contribution in [0.25, 0.3) is 0 Å². The highest BCUT2D eigenvalue weighted by Crippen LogP contribution is 2.27. The van der Waals surface area contributed by atoms with Crippen molar-refractivity contribution in [2.45, 2.75) is 45.4 Å². The minimum absolute atomic E-state index is 0.200. The van der Waals surface area contributed by atoms with E-state index in [4.69, 9.17) is 10.5 Å². The number of carbonyl (C=O) groups is 1. The van der Waals surface area contributed by atoms with Crippen LogP contribution in [0.4, 0.5) is 4.39 Å². The van der Waals surface area contributed by atoms with Gasteiger partial charge in [-0.25, -0.2) is 4.39 Å². The molecule has 1 unspecified atom stereocenters. The van der Waals surface area contributed by atoms with Gasteiger partial charge in [0.1, 0.15) is 18.1 Å². The smallest absolute Gasteiger partial charge is 0.254 e. The number of hydrogen-bond acceptors (Lipinski definition) is 5. The van der Waals surface area contributed by atoms with Gasteiger partial charge in [0, 0.05) is 30.5 Å². The Kier molecular flexibility index (Phi) is 6.26. The van der Waals surface area contributed by atoms with Crippen molar-refractivity contribution in [3.8, 4) is 0 Å². The van der Waals surface area contributed by atoms with E-state index in [1.807, 2.05) is 13.0 Å². The first-order chi connectivity index (χ1) is 13.9. The molecular weight excluding hydrogens is 371 g/mol. The molecule has 3 N–H and O–H groups in total. The summed E-state index contributed by atoms with van der Waals surface area (Å²) < 4.78 is 19.3. The van der Waals surface area contributed by atoms with E-state index in [9.17, 15) is 9.18 Å². The molecule has 0 bridgehead atoms. The van der Waals surface area contributed by atoms with Gasteiger partial charge in [0.2, 0.25) is 0 Å². The molecule has 1 saturated carbocycles. The van der Waals surface area contributed by atoms with Crippen molar-refractivity contribution >= 4 is 12.1 Å². The van der Waals surface area contributed by atoms with E-state index in [0.717, 1.165) is 35.8 Å². The average Bonchev–Trinajstić information content (AvgIpc) is 3.52. The first kappa shape index (κ1) is 20.5. The number of carbonyl (C=O) groups excluding carboxylic acids is 1. The van der Waals surface area contributed by atoms with E-state index in [1.54, 1.807) is 25.3 Å². The summed E-state index contributed by atoms with van der Waals surface area (Å²) in [6.45, 7) is 7.31. The van der Waals surface area contributed by atoms with Crippen molar-refractivity contribution in [2.24, 2.45) is 10.7 Å². The first-order valence-corrected chi connectivity index (χ1v) is 9.51. The molecule has 1 aliphatic carbocycles. The lowest BCUT2D eigenvalue weighted by Crippen LogP contribution is -2.35. The van der Waals surface area contributed by atoms with E-state index in [0.29, 0.717) is 12.3 Å². The molecule has 0 saturated heterocycles. The highest BCUT2D eigenvalue weighted by molar-refractivity contribution is 5.96. The number of aromatic nitrogens is 1. The lowest BCUT2D eigenvalue weighted by molar-refractivity contribution is 0.0937. The molecule has 1 aromatic heterocycles. The maximum Gasteiger partial charge on any atom is 0.254 e. The number of nitrogens with one attached hydrogen (secondary N) is 1. The molecule has 1 amide bonds. The van der Waals surface area contributed by atoms with Crippen molar-refractivity contribution in [1.29, 1.82) is 0 Å². The number of rotatable bonds is 7. The van der Waals surface area contributed by atoms with Crippen LogP contribution in [0.3, 0.4) is 0 Å². The van der Waals surface area contributed by atoms with Crippen molar-refractivity contribution < 1.29 is 13.9 Å². The second-order valence-electron chi connectivity index (χ2n) is 7.12. The quantitative estimate of drug-likeness (QED) is 0.546. The van der Waals surface area contributed by atoms with Gasteiger partial charge < -0.3 is 15.8 Å². The average molecular weight is 396 g/mol. The normalized spacial score (nSPS) is 19.9. The zero-order chi connectivity index (χ0) is 21.0. The molecule has 0 spiro atoms. The lowest BCUT2D eigenvalue weighted by atomic mass is 9.98. The summed E-state index contributed by atoms with van der Waals surface area (Å²) in [6.07, 6.45) is 11.9. The Labute approximate surface area is 169 Å². The molecule has 1 aliphatic heterocycles. The van der Waals surface area contributed by atoms with E-state index < -0.39 is 17.9 Å². The number of hydrogen-bond donors (Lipinski definition) is 2. The Hall–Kier alpha value is -3.22. The fourth-order valence-electron chi connectivity index (χ4n) is 2.85. The minimum Gasteiger partial charge on any atom is -0.476 e. The van der Waals surface area contributed by atoms with Gasteiger partial charge >= 0.3 is 0 Å². The fraction of sp³-hybridized carbons (Fsp3) is 0.318. The molecule has 7 heteroatoms. The topological polar surface area (TPSA) is 89.6 Å². The Balaban J connectivity index is 1.70. The van der Waals surface area contributed by atoms with Crippen molar-refractivity contribution in [3.63, 3.8) is 0 Å². The summed E-state index contributed by atoms with van der Waals surface area (Å²) in [5.41, 5.74) is 9.15. The van der Waals surface area contributed by atoms with Gasteiger partial charge in [-0.1, -0.05) is 18.7 Å². The number of allylic oxidation sites excluding steroid dienone is 5. The highest BCUT2D eigenvalue weighted by Gasteiger charge is 2.24. The number of aliphatic imine (C=N–C) groups is 1. The Morgan fingerprint density at radius 2 is 2.17 bits per heavy atom. The summed E-state index contributed by atoms with van der Waals surface area (Å²) in [5, 5.41) is 2.79. The van der Waals surface area contributed by atoms with E-state index >= 15 is 0 Å². The second kappa shape index (κ2) is 8.86. The van der Waals surface area contributed by atoms with E-state index in [-0.39, 0.29) is 17.2 Å². The first-order valence-electron chi connectivity index (χ1n) is 9.51. The number of nitrogens with zero attached hydrogens (tertiary/aromatic N) is 2. The maximum absolute atomic E-state index is 13.6. The number of halogens is 1. The van der Waals surface area contributed by atoms with Gasteiger partial charge in [-0.3, -0.25) is 14.8 Å². The van der Waals surface area contributed by atoms with Gasteiger partial charge in [0.15, 0.2) is 5.88 Å². The zero-order valence-electron chi connectivity index (χ0n) is 16.6. The zero-order valence-corrected chi connectivity index (χ0v) is 16.6. The molecule has 2 aliphatic rings.